The van der Waals surface area contributed by atoms with Crippen LogP contribution in [-0.2, 0) is 9.78 Å². The highest BCUT2D eigenvalue weighted by Gasteiger charge is 2.49. The maximum absolute atomic E-state index is 10.5. The van der Waals surface area contributed by atoms with E-state index in [0.717, 1.165) is 11.8 Å². The molecule has 15 heavy (non-hydrogen) atoms. The first-order chi connectivity index (χ1) is 7.22. The summed E-state index contributed by atoms with van der Waals surface area (Å²) >= 11 is 5.10. The Morgan fingerprint density at radius 1 is 1.00 bits per heavy atom. The van der Waals surface area contributed by atoms with Crippen molar-refractivity contribution in [2.75, 3.05) is 0 Å². The molecule has 0 aromatic rings. The van der Waals surface area contributed by atoms with E-state index in [9.17, 15) is 4.79 Å². The predicted octanol–water partition coefficient (Wildman–Crippen LogP) is 3.12. The van der Waals surface area contributed by atoms with Gasteiger partial charge in [0.2, 0.25) is 0 Å². The fourth-order valence-electron chi connectivity index (χ4n) is 4.13. The number of hydrogen-bond donors (Lipinski definition) is 0. The van der Waals surface area contributed by atoms with Crippen molar-refractivity contribution in [3.8, 4) is 0 Å². The maximum atomic E-state index is 10.5. The minimum absolute atomic E-state index is 0.112. The summed E-state index contributed by atoms with van der Waals surface area (Å²) in [6, 6.07) is 0. The average molecular weight is 231 g/mol. The smallest absolute Gasteiger partial charge is 0.280 e. The van der Waals surface area contributed by atoms with Gasteiger partial charge in [0.25, 0.3) is 0 Å². The van der Waals surface area contributed by atoms with E-state index in [1.165, 1.54) is 32.1 Å². The molecule has 84 valence electrons. The second-order valence-corrected chi connectivity index (χ2v) is 5.62. The molecule has 4 rings (SSSR count). The monoisotopic (exact) mass is 230 g/mol. The molecule has 4 saturated carbocycles. The molecule has 0 N–H and O–H groups in total. The highest BCUT2D eigenvalue weighted by molar-refractivity contribution is 6.61. The Kier molecular flexibility index (Phi) is 2.40. The number of rotatable bonds is 2. The topological polar surface area (TPSA) is 35.5 Å². The Bertz CT molecular complexity index is 251. The van der Waals surface area contributed by atoms with Crippen molar-refractivity contribution in [2.24, 2.45) is 23.7 Å². The number of carbonyl (C=O) groups is 1. The summed E-state index contributed by atoms with van der Waals surface area (Å²) in [5.41, 5.74) is -0.858. The maximum Gasteiger partial charge on any atom is 0.435 e. The van der Waals surface area contributed by atoms with Gasteiger partial charge in [0.1, 0.15) is 6.10 Å². The van der Waals surface area contributed by atoms with Crippen molar-refractivity contribution in [3.05, 3.63) is 0 Å². The molecule has 4 aliphatic carbocycles. The van der Waals surface area contributed by atoms with Crippen molar-refractivity contribution in [1.29, 1.82) is 0 Å². The van der Waals surface area contributed by atoms with Gasteiger partial charge < -0.3 is 0 Å². The molecule has 0 aromatic heterocycles. The zero-order valence-corrected chi connectivity index (χ0v) is 9.28. The summed E-state index contributed by atoms with van der Waals surface area (Å²) in [6.45, 7) is 0. The van der Waals surface area contributed by atoms with Gasteiger partial charge in [0.15, 0.2) is 0 Å². The molecule has 4 bridgehead atoms. The zero-order valence-electron chi connectivity index (χ0n) is 8.52. The molecule has 4 fully saturated rings. The second kappa shape index (κ2) is 3.63. The molecule has 0 atom stereocenters. The largest absolute Gasteiger partial charge is 0.435 e. The van der Waals surface area contributed by atoms with Crippen LogP contribution in [-0.4, -0.2) is 11.5 Å². The fraction of sp³-hybridized carbons (Fsp3) is 0.909. The van der Waals surface area contributed by atoms with Crippen LogP contribution in [0, 0.1) is 23.7 Å². The van der Waals surface area contributed by atoms with E-state index in [1.54, 1.807) is 0 Å². The summed E-state index contributed by atoms with van der Waals surface area (Å²) in [7, 11) is 0. The summed E-state index contributed by atoms with van der Waals surface area (Å²) < 4.78 is 0. The quantitative estimate of drug-likeness (QED) is 0.415. The van der Waals surface area contributed by atoms with Gasteiger partial charge in [-0.05, 0) is 55.8 Å². The van der Waals surface area contributed by atoms with Crippen molar-refractivity contribution in [1.82, 2.24) is 0 Å². The number of hydrogen-bond acceptors (Lipinski definition) is 3. The summed E-state index contributed by atoms with van der Waals surface area (Å²) in [5.74, 6) is 2.99. The molecule has 3 nitrogen and oxygen atoms in total. The highest BCUT2D eigenvalue weighted by atomic mass is 35.5. The lowest BCUT2D eigenvalue weighted by Crippen LogP contribution is -2.49. The van der Waals surface area contributed by atoms with Crippen LogP contribution in [0.25, 0.3) is 0 Å². The Morgan fingerprint density at radius 3 is 2.00 bits per heavy atom. The van der Waals surface area contributed by atoms with Gasteiger partial charge in [-0.25, -0.2) is 4.79 Å². The van der Waals surface area contributed by atoms with Gasteiger partial charge >= 0.3 is 5.43 Å². The molecule has 0 heterocycles. The molecule has 0 amide bonds. The SMILES string of the molecule is O=C(Cl)OOC1C2CC3CC(C2)CC1C3. The van der Waals surface area contributed by atoms with Crippen LogP contribution in [0.3, 0.4) is 0 Å². The third kappa shape index (κ3) is 1.76. The van der Waals surface area contributed by atoms with Crippen LogP contribution >= 0.6 is 11.6 Å². The van der Waals surface area contributed by atoms with Gasteiger partial charge in [-0.15, -0.1) is 0 Å². The van der Waals surface area contributed by atoms with E-state index in [2.05, 4.69) is 4.89 Å². The normalized spacial score (nSPS) is 46.9. The van der Waals surface area contributed by atoms with Crippen LogP contribution in [0.5, 0.6) is 0 Å². The number of carbonyl (C=O) groups excluding carboxylic acids is 1. The molecule has 0 saturated heterocycles. The third-order valence-corrected chi connectivity index (χ3v) is 4.43. The predicted molar refractivity (Wildman–Crippen MR) is 54.3 cm³/mol. The van der Waals surface area contributed by atoms with Crippen LogP contribution in [0.1, 0.15) is 32.1 Å². The minimum Gasteiger partial charge on any atom is -0.280 e. The van der Waals surface area contributed by atoms with Crippen molar-refractivity contribution >= 4 is 17.0 Å². The van der Waals surface area contributed by atoms with Crippen LogP contribution < -0.4 is 0 Å². The third-order valence-electron chi connectivity index (χ3n) is 4.36. The van der Waals surface area contributed by atoms with Gasteiger partial charge in [-0.3, -0.25) is 4.89 Å². The molecule has 0 radical (unpaired) electrons. The zero-order chi connectivity index (χ0) is 10.4. The first-order valence-corrected chi connectivity index (χ1v) is 6.13. The van der Waals surface area contributed by atoms with Crippen molar-refractivity contribution < 1.29 is 14.6 Å². The summed E-state index contributed by atoms with van der Waals surface area (Å²) in [5, 5.41) is 0. The van der Waals surface area contributed by atoms with E-state index < -0.39 is 5.43 Å². The standard InChI is InChI=1S/C11H15ClO3/c12-11(13)15-14-10-8-2-6-1-7(4-8)5-9(10)3-6/h6-10H,1-5H2. The summed E-state index contributed by atoms with van der Waals surface area (Å²) in [4.78, 5) is 20.2. The molecular formula is C11H15ClO3. The Hall–Kier alpha value is -0.280. The highest BCUT2D eigenvalue weighted by Crippen LogP contribution is 2.54. The lowest BCUT2D eigenvalue weighted by molar-refractivity contribution is -0.312. The average Bonchev–Trinajstić information content (AvgIpc) is 2.14. The van der Waals surface area contributed by atoms with E-state index in [0.29, 0.717) is 11.8 Å². The van der Waals surface area contributed by atoms with Crippen molar-refractivity contribution in [3.63, 3.8) is 0 Å². The van der Waals surface area contributed by atoms with Crippen LogP contribution in [0.15, 0.2) is 0 Å². The lowest BCUT2D eigenvalue weighted by atomic mass is 9.55. The Morgan fingerprint density at radius 2 is 1.53 bits per heavy atom. The van der Waals surface area contributed by atoms with Gasteiger partial charge in [-0.1, -0.05) is 0 Å². The van der Waals surface area contributed by atoms with E-state index in [4.69, 9.17) is 16.5 Å². The van der Waals surface area contributed by atoms with Crippen molar-refractivity contribution in [2.45, 2.75) is 38.2 Å². The van der Waals surface area contributed by atoms with E-state index in [-0.39, 0.29) is 6.10 Å². The fourth-order valence-corrected chi connectivity index (χ4v) is 4.16. The molecule has 4 heteroatoms. The summed E-state index contributed by atoms with van der Waals surface area (Å²) in [6.07, 6.45) is 6.51. The first kappa shape index (κ1) is 9.91. The lowest BCUT2D eigenvalue weighted by Gasteiger charge is -2.52. The van der Waals surface area contributed by atoms with Crippen LogP contribution in [0.2, 0.25) is 0 Å². The molecule has 0 spiro atoms. The van der Waals surface area contributed by atoms with E-state index >= 15 is 0 Å². The van der Waals surface area contributed by atoms with Gasteiger partial charge in [-0.2, -0.15) is 4.89 Å². The molecule has 0 aromatic carbocycles. The number of halogens is 1. The van der Waals surface area contributed by atoms with Crippen LogP contribution in [0.4, 0.5) is 4.79 Å². The molecule has 0 unspecified atom stereocenters. The van der Waals surface area contributed by atoms with Gasteiger partial charge in [0, 0.05) is 11.6 Å². The Labute approximate surface area is 94.0 Å². The van der Waals surface area contributed by atoms with E-state index in [1.807, 2.05) is 0 Å². The minimum atomic E-state index is -0.858. The molecule has 4 aliphatic rings. The second-order valence-electron chi connectivity index (χ2n) is 5.31. The van der Waals surface area contributed by atoms with Gasteiger partial charge in [0.05, 0.1) is 0 Å². The molecular weight excluding hydrogens is 216 g/mol. The molecule has 0 aliphatic heterocycles. The first-order valence-electron chi connectivity index (χ1n) is 5.75. The Balaban J connectivity index is 1.67.